The number of methoxy groups -OCH3 is 3. The summed E-state index contributed by atoms with van der Waals surface area (Å²) >= 11 is 1.12. The van der Waals surface area contributed by atoms with Crippen LogP contribution in [0, 0.1) is 6.92 Å². The molecule has 0 atom stereocenters. The van der Waals surface area contributed by atoms with Gasteiger partial charge in [-0.25, -0.2) is 4.98 Å². The number of fused-ring (bicyclic) bond motifs is 1. The van der Waals surface area contributed by atoms with Gasteiger partial charge in [-0.05, 0) is 51.5 Å². The number of nitrogens with zero attached hydrogens (tertiary/aromatic N) is 2. The van der Waals surface area contributed by atoms with Crippen molar-refractivity contribution in [1.29, 1.82) is 0 Å². The van der Waals surface area contributed by atoms with Crippen molar-refractivity contribution in [2.45, 2.75) is 38.5 Å². The van der Waals surface area contributed by atoms with E-state index in [0.29, 0.717) is 33.2 Å². The van der Waals surface area contributed by atoms with Crippen LogP contribution in [0.5, 0.6) is 17.2 Å². The Hall–Kier alpha value is -3.20. The Morgan fingerprint density at radius 2 is 1.76 bits per heavy atom. The molecule has 0 aliphatic rings. The fraction of sp³-hybridized carbons (Fsp3) is 0.375. The predicted octanol–water partition coefficient (Wildman–Crippen LogP) is 4.15. The zero-order valence-electron chi connectivity index (χ0n) is 19.8. The third-order valence-electron chi connectivity index (χ3n) is 4.64. The van der Waals surface area contributed by atoms with Crippen LogP contribution in [0.4, 0.5) is 0 Å². The molecule has 3 rings (SSSR count). The number of aromatic nitrogens is 2. The molecule has 0 amide bonds. The minimum Gasteiger partial charge on any atom is -0.493 e. The minimum atomic E-state index is -0.613. The van der Waals surface area contributed by atoms with Crippen LogP contribution in [-0.2, 0) is 9.53 Å². The molecule has 1 aromatic heterocycles. The Morgan fingerprint density at radius 3 is 2.33 bits per heavy atom. The van der Waals surface area contributed by atoms with E-state index in [1.165, 1.54) is 25.9 Å². The first-order valence-electron chi connectivity index (χ1n) is 10.3. The van der Waals surface area contributed by atoms with E-state index in [9.17, 15) is 9.59 Å². The van der Waals surface area contributed by atoms with Crippen molar-refractivity contribution in [3.63, 3.8) is 0 Å². The van der Waals surface area contributed by atoms with Crippen molar-refractivity contribution in [2.75, 3.05) is 27.1 Å². The van der Waals surface area contributed by atoms with Gasteiger partial charge in [0.2, 0.25) is 5.75 Å². The van der Waals surface area contributed by atoms with Gasteiger partial charge in [0.1, 0.15) is 11.1 Å². The number of hydrogen-bond donors (Lipinski definition) is 0. The summed E-state index contributed by atoms with van der Waals surface area (Å²) in [6.07, 6.45) is 0. The molecule has 0 bridgehead atoms. The number of benzene rings is 2. The molecule has 0 radical (unpaired) electrons. The Morgan fingerprint density at radius 1 is 1.06 bits per heavy atom. The summed E-state index contributed by atoms with van der Waals surface area (Å²) in [4.78, 5) is 30.8. The standard InChI is InChI=1S/C24H28N2O6S/c1-14-9-8-10-15(11-14)26-22(28)16-12-17(29-5)20(30-6)21(31-7)19(16)25-23(26)33-13-18(27)32-24(2,3)4/h8-12H,13H2,1-7H3. The Bertz CT molecular complexity index is 1250. The second-order valence-corrected chi connectivity index (χ2v) is 9.23. The van der Waals surface area contributed by atoms with E-state index >= 15 is 0 Å². The fourth-order valence-electron chi connectivity index (χ4n) is 3.35. The van der Waals surface area contributed by atoms with Gasteiger partial charge in [0.15, 0.2) is 16.7 Å². The van der Waals surface area contributed by atoms with Crippen LogP contribution in [0.3, 0.4) is 0 Å². The molecule has 176 valence electrons. The molecule has 3 aromatic rings. The molecule has 0 saturated heterocycles. The average Bonchev–Trinajstić information content (AvgIpc) is 2.75. The van der Waals surface area contributed by atoms with Crippen LogP contribution in [0.25, 0.3) is 16.6 Å². The maximum Gasteiger partial charge on any atom is 0.316 e. The number of aryl methyl sites for hydroxylation is 1. The van der Waals surface area contributed by atoms with E-state index in [-0.39, 0.29) is 17.1 Å². The molecule has 0 saturated carbocycles. The summed E-state index contributed by atoms with van der Waals surface area (Å²) in [5.41, 5.74) is 0.993. The monoisotopic (exact) mass is 472 g/mol. The topological polar surface area (TPSA) is 88.9 Å². The van der Waals surface area contributed by atoms with Gasteiger partial charge in [-0.15, -0.1) is 0 Å². The van der Waals surface area contributed by atoms with E-state index in [0.717, 1.165) is 17.3 Å². The zero-order chi connectivity index (χ0) is 24.3. The first-order chi connectivity index (χ1) is 15.6. The number of thioether (sulfide) groups is 1. The molecule has 0 spiro atoms. The maximum atomic E-state index is 13.7. The molecule has 0 fully saturated rings. The second-order valence-electron chi connectivity index (χ2n) is 8.29. The number of hydrogen-bond acceptors (Lipinski definition) is 8. The lowest BCUT2D eigenvalue weighted by molar-refractivity contribution is -0.151. The maximum absolute atomic E-state index is 13.7. The first-order valence-corrected chi connectivity index (χ1v) is 11.3. The van der Waals surface area contributed by atoms with Crippen LogP contribution < -0.4 is 19.8 Å². The Labute approximate surface area is 196 Å². The van der Waals surface area contributed by atoms with E-state index in [1.807, 2.05) is 31.2 Å². The quantitative estimate of drug-likeness (QED) is 0.288. The lowest BCUT2D eigenvalue weighted by Crippen LogP contribution is -2.26. The Kier molecular flexibility index (Phi) is 7.22. The predicted molar refractivity (Wildman–Crippen MR) is 128 cm³/mol. The highest BCUT2D eigenvalue weighted by Crippen LogP contribution is 2.42. The molecule has 33 heavy (non-hydrogen) atoms. The van der Waals surface area contributed by atoms with Crippen molar-refractivity contribution < 1.29 is 23.7 Å². The molecule has 1 heterocycles. The first kappa shape index (κ1) is 24.4. The van der Waals surface area contributed by atoms with Crippen molar-refractivity contribution in [3.05, 3.63) is 46.2 Å². The van der Waals surface area contributed by atoms with Crippen molar-refractivity contribution in [2.24, 2.45) is 0 Å². The van der Waals surface area contributed by atoms with Crippen molar-refractivity contribution in [1.82, 2.24) is 9.55 Å². The fourth-order valence-corrected chi connectivity index (χ4v) is 4.13. The summed E-state index contributed by atoms with van der Waals surface area (Å²) < 4.78 is 23.3. The van der Waals surface area contributed by atoms with E-state index in [1.54, 1.807) is 26.8 Å². The smallest absolute Gasteiger partial charge is 0.316 e. The normalized spacial score (nSPS) is 11.4. The molecular weight excluding hydrogens is 444 g/mol. The molecular formula is C24H28N2O6S. The molecule has 0 unspecified atom stereocenters. The molecule has 0 aliphatic carbocycles. The van der Waals surface area contributed by atoms with Gasteiger partial charge in [0.05, 0.1) is 38.2 Å². The summed E-state index contributed by atoms with van der Waals surface area (Å²) in [6.45, 7) is 7.35. The van der Waals surface area contributed by atoms with Gasteiger partial charge in [-0.1, -0.05) is 23.9 Å². The number of rotatable bonds is 7. The highest BCUT2D eigenvalue weighted by molar-refractivity contribution is 7.99. The largest absolute Gasteiger partial charge is 0.493 e. The van der Waals surface area contributed by atoms with Gasteiger partial charge in [-0.3, -0.25) is 14.2 Å². The SMILES string of the molecule is COc1cc2c(=O)n(-c3cccc(C)c3)c(SCC(=O)OC(C)(C)C)nc2c(OC)c1OC. The van der Waals surface area contributed by atoms with Crippen LogP contribution >= 0.6 is 11.8 Å². The highest BCUT2D eigenvalue weighted by atomic mass is 32.2. The van der Waals surface area contributed by atoms with Gasteiger partial charge in [0.25, 0.3) is 5.56 Å². The van der Waals surface area contributed by atoms with E-state index < -0.39 is 11.6 Å². The van der Waals surface area contributed by atoms with Crippen LogP contribution in [0.15, 0.2) is 40.3 Å². The van der Waals surface area contributed by atoms with Gasteiger partial charge < -0.3 is 18.9 Å². The zero-order valence-corrected chi connectivity index (χ0v) is 20.7. The van der Waals surface area contributed by atoms with Crippen LogP contribution in [0.2, 0.25) is 0 Å². The minimum absolute atomic E-state index is 0.0172. The molecule has 8 nitrogen and oxygen atoms in total. The molecule has 0 aliphatic heterocycles. The lowest BCUT2D eigenvalue weighted by atomic mass is 10.2. The lowest BCUT2D eigenvalue weighted by Gasteiger charge is -2.20. The third-order valence-corrected chi connectivity index (χ3v) is 5.55. The summed E-state index contributed by atoms with van der Waals surface area (Å²) in [5.74, 6) is 0.536. The summed E-state index contributed by atoms with van der Waals surface area (Å²) in [6, 6.07) is 9.08. The van der Waals surface area contributed by atoms with Gasteiger partial charge >= 0.3 is 5.97 Å². The summed E-state index contributed by atoms with van der Waals surface area (Å²) in [7, 11) is 4.44. The Balaban J connectivity index is 2.26. The average molecular weight is 473 g/mol. The highest BCUT2D eigenvalue weighted by Gasteiger charge is 2.24. The van der Waals surface area contributed by atoms with Crippen LogP contribution in [-0.4, -0.2) is 48.2 Å². The van der Waals surface area contributed by atoms with E-state index in [2.05, 4.69) is 0 Å². The number of ether oxygens (including phenoxy) is 4. The molecule has 0 N–H and O–H groups in total. The second kappa shape index (κ2) is 9.74. The van der Waals surface area contributed by atoms with Crippen molar-refractivity contribution in [3.8, 4) is 22.9 Å². The molecule has 2 aromatic carbocycles. The molecule has 9 heteroatoms. The summed E-state index contributed by atoms with van der Waals surface area (Å²) in [5, 5.41) is 0.627. The number of carbonyl (C=O) groups is 1. The van der Waals surface area contributed by atoms with Gasteiger partial charge in [-0.2, -0.15) is 0 Å². The van der Waals surface area contributed by atoms with Crippen molar-refractivity contribution >= 4 is 28.6 Å². The van der Waals surface area contributed by atoms with Gasteiger partial charge in [0, 0.05) is 0 Å². The number of carbonyl (C=O) groups excluding carboxylic acids is 1. The van der Waals surface area contributed by atoms with E-state index in [4.69, 9.17) is 23.9 Å². The third kappa shape index (κ3) is 5.24. The number of esters is 1. The van der Waals surface area contributed by atoms with Crippen LogP contribution in [0.1, 0.15) is 26.3 Å².